The van der Waals surface area contributed by atoms with Crippen molar-refractivity contribution in [3.05, 3.63) is 18.2 Å². The van der Waals surface area contributed by atoms with Gasteiger partial charge < -0.3 is 11.1 Å². The molecule has 1 fully saturated rings. The normalized spacial score (nSPS) is 19.7. The van der Waals surface area contributed by atoms with Gasteiger partial charge in [-0.15, -0.1) is 0 Å². The van der Waals surface area contributed by atoms with Crippen LogP contribution in [0.4, 0.5) is 11.4 Å². The van der Waals surface area contributed by atoms with Crippen LogP contribution in [0.1, 0.15) is 12.8 Å². The van der Waals surface area contributed by atoms with Crippen molar-refractivity contribution in [3.63, 3.8) is 0 Å². The molecule has 1 atom stereocenters. The van der Waals surface area contributed by atoms with E-state index in [4.69, 9.17) is 10.9 Å². The van der Waals surface area contributed by atoms with E-state index < -0.39 is 16.1 Å². The smallest absolute Gasteiger partial charge is 0.251 e. The van der Waals surface area contributed by atoms with Crippen molar-refractivity contribution in [1.29, 1.82) is 0 Å². The Bertz CT molecular complexity index is 701. The molecule has 1 unspecified atom stereocenters. The van der Waals surface area contributed by atoms with E-state index in [1.165, 1.54) is 25.2 Å². The van der Waals surface area contributed by atoms with Gasteiger partial charge in [0.2, 0.25) is 15.9 Å². The largest absolute Gasteiger partial charge is 0.399 e. The average molecular weight is 312 g/mol. The van der Waals surface area contributed by atoms with Crippen LogP contribution in [0.15, 0.2) is 23.1 Å². The molecular formula is C12H16N4O4S. The van der Waals surface area contributed by atoms with E-state index in [2.05, 4.69) is 5.32 Å². The molecule has 2 amide bonds. The van der Waals surface area contributed by atoms with Crippen LogP contribution in [0.5, 0.6) is 0 Å². The third kappa shape index (κ3) is 3.31. The number of carbonyl (C=O) groups excluding carboxylic acids is 2. The summed E-state index contributed by atoms with van der Waals surface area (Å²) in [4.78, 5) is 24.3. The number of rotatable bonds is 3. The Hall–Kier alpha value is -2.13. The predicted octanol–water partition coefficient (Wildman–Crippen LogP) is -0.524. The highest BCUT2D eigenvalue weighted by molar-refractivity contribution is 7.89. The number of imide groups is 1. The van der Waals surface area contributed by atoms with E-state index in [1.807, 2.05) is 0 Å². The first kappa shape index (κ1) is 15.3. The van der Waals surface area contributed by atoms with Crippen LogP contribution in [0, 0.1) is 0 Å². The molecular weight excluding hydrogens is 296 g/mol. The summed E-state index contributed by atoms with van der Waals surface area (Å²) in [7, 11) is -2.48. The predicted molar refractivity (Wildman–Crippen MR) is 76.6 cm³/mol. The number of carbonyl (C=O) groups is 2. The first-order valence-corrected chi connectivity index (χ1v) is 7.73. The van der Waals surface area contributed by atoms with Crippen molar-refractivity contribution in [2.24, 2.45) is 5.14 Å². The van der Waals surface area contributed by atoms with Crippen molar-refractivity contribution in [2.45, 2.75) is 23.8 Å². The van der Waals surface area contributed by atoms with E-state index >= 15 is 0 Å². The number of nitrogen functional groups attached to an aromatic ring is 1. The fraction of sp³-hybridized carbons (Fsp3) is 0.333. The van der Waals surface area contributed by atoms with Gasteiger partial charge >= 0.3 is 0 Å². The molecule has 0 bridgehead atoms. The molecule has 114 valence electrons. The van der Waals surface area contributed by atoms with Crippen molar-refractivity contribution < 1.29 is 18.0 Å². The second-order valence-corrected chi connectivity index (χ2v) is 6.42. The minimum atomic E-state index is -3.89. The van der Waals surface area contributed by atoms with Crippen LogP contribution in [-0.4, -0.2) is 38.2 Å². The summed E-state index contributed by atoms with van der Waals surface area (Å²) in [5.74, 6) is -0.610. The van der Waals surface area contributed by atoms with E-state index in [9.17, 15) is 18.0 Å². The van der Waals surface area contributed by atoms with Crippen LogP contribution < -0.4 is 16.2 Å². The van der Waals surface area contributed by atoms with Crippen molar-refractivity contribution >= 4 is 33.2 Å². The summed E-state index contributed by atoms with van der Waals surface area (Å²) in [5, 5.41) is 7.96. The molecule has 5 N–H and O–H groups in total. The number of piperidine rings is 1. The number of hydrogen-bond donors (Lipinski definition) is 3. The monoisotopic (exact) mass is 312 g/mol. The standard InChI is InChI=1S/C12H16N4O4S/c1-16-11(17)3-2-10(12(16)18)15-8-4-7(13)5-9(6-8)21(14,19)20/h4-6,10,15H,2-3,13H2,1H3,(H2,14,19,20). The molecule has 1 saturated heterocycles. The zero-order chi connectivity index (χ0) is 15.8. The second-order valence-electron chi connectivity index (χ2n) is 4.86. The first-order valence-electron chi connectivity index (χ1n) is 6.19. The van der Waals surface area contributed by atoms with Crippen molar-refractivity contribution in [2.75, 3.05) is 18.1 Å². The molecule has 1 aliphatic heterocycles. The van der Waals surface area contributed by atoms with Gasteiger partial charge in [-0.05, 0) is 24.6 Å². The Balaban J connectivity index is 2.26. The molecule has 0 spiro atoms. The molecule has 0 aromatic heterocycles. The number of anilines is 2. The lowest BCUT2D eigenvalue weighted by Gasteiger charge is -2.29. The number of sulfonamides is 1. The molecule has 1 aliphatic rings. The lowest BCUT2D eigenvalue weighted by Crippen LogP contribution is -2.48. The van der Waals surface area contributed by atoms with Gasteiger partial charge in [0.15, 0.2) is 0 Å². The zero-order valence-electron chi connectivity index (χ0n) is 11.4. The number of amides is 2. The van der Waals surface area contributed by atoms with E-state index in [0.29, 0.717) is 12.1 Å². The molecule has 9 heteroatoms. The lowest BCUT2D eigenvalue weighted by atomic mass is 10.0. The van der Waals surface area contributed by atoms with Gasteiger partial charge in [-0.25, -0.2) is 13.6 Å². The third-order valence-corrected chi connectivity index (χ3v) is 4.14. The minimum Gasteiger partial charge on any atom is -0.399 e. The van der Waals surface area contributed by atoms with Crippen LogP contribution in [0.3, 0.4) is 0 Å². The van der Waals surface area contributed by atoms with E-state index in [1.54, 1.807) is 0 Å². The number of hydrogen-bond acceptors (Lipinski definition) is 6. The molecule has 21 heavy (non-hydrogen) atoms. The Labute approximate surface area is 122 Å². The summed E-state index contributed by atoms with van der Waals surface area (Å²) >= 11 is 0. The topological polar surface area (TPSA) is 136 Å². The van der Waals surface area contributed by atoms with Gasteiger partial charge in [-0.3, -0.25) is 14.5 Å². The Morgan fingerprint density at radius 1 is 1.29 bits per heavy atom. The summed E-state index contributed by atoms with van der Waals surface area (Å²) in [6.07, 6.45) is 0.575. The highest BCUT2D eigenvalue weighted by Gasteiger charge is 2.31. The average Bonchev–Trinajstić information content (AvgIpc) is 2.38. The number of primary sulfonamides is 1. The Morgan fingerprint density at radius 3 is 2.57 bits per heavy atom. The molecule has 0 aliphatic carbocycles. The van der Waals surface area contributed by atoms with Crippen LogP contribution >= 0.6 is 0 Å². The second kappa shape index (κ2) is 5.34. The molecule has 1 heterocycles. The quantitative estimate of drug-likeness (QED) is 0.507. The van der Waals surface area contributed by atoms with Crippen LogP contribution in [0.25, 0.3) is 0 Å². The molecule has 1 aromatic carbocycles. The first-order chi connectivity index (χ1) is 9.68. The van der Waals surface area contributed by atoms with Crippen LogP contribution in [0.2, 0.25) is 0 Å². The maximum Gasteiger partial charge on any atom is 0.251 e. The van der Waals surface area contributed by atoms with E-state index in [-0.39, 0.29) is 28.8 Å². The van der Waals surface area contributed by atoms with E-state index in [0.717, 1.165) is 4.90 Å². The van der Waals surface area contributed by atoms with Gasteiger partial charge in [-0.2, -0.15) is 0 Å². The maximum atomic E-state index is 12.0. The fourth-order valence-electron chi connectivity index (χ4n) is 2.12. The molecule has 1 aromatic rings. The van der Waals surface area contributed by atoms with Gasteiger partial charge in [-0.1, -0.05) is 0 Å². The van der Waals surface area contributed by atoms with Gasteiger partial charge in [0, 0.05) is 24.8 Å². The van der Waals surface area contributed by atoms with Gasteiger partial charge in [0.1, 0.15) is 6.04 Å². The van der Waals surface area contributed by atoms with Crippen LogP contribution in [-0.2, 0) is 19.6 Å². The SMILES string of the molecule is CN1C(=O)CCC(Nc2cc(N)cc(S(N)(=O)=O)c2)C1=O. The summed E-state index contributed by atoms with van der Waals surface area (Å²) in [6.45, 7) is 0. The number of benzene rings is 1. The molecule has 2 rings (SSSR count). The fourth-order valence-corrected chi connectivity index (χ4v) is 2.71. The molecule has 8 nitrogen and oxygen atoms in total. The van der Waals surface area contributed by atoms with Crippen molar-refractivity contribution in [3.8, 4) is 0 Å². The molecule has 0 radical (unpaired) electrons. The Kier molecular flexibility index (Phi) is 3.88. The summed E-state index contributed by atoms with van der Waals surface area (Å²) in [6, 6.07) is 3.43. The maximum absolute atomic E-state index is 12.0. The minimum absolute atomic E-state index is 0.141. The van der Waals surface area contributed by atoms with Gasteiger partial charge in [0.25, 0.3) is 5.91 Å². The Morgan fingerprint density at radius 2 is 1.95 bits per heavy atom. The number of likely N-dealkylation sites (N-methyl/N-ethyl adjacent to an activating group) is 1. The highest BCUT2D eigenvalue weighted by Crippen LogP contribution is 2.22. The van der Waals surface area contributed by atoms with Crippen molar-refractivity contribution in [1.82, 2.24) is 4.90 Å². The highest BCUT2D eigenvalue weighted by atomic mass is 32.2. The summed E-state index contributed by atoms with van der Waals surface area (Å²) in [5.41, 5.74) is 6.20. The lowest BCUT2D eigenvalue weighted by molar-refractivity contribution is -0.146. The number of likely N-dealkylation sites (tertiary alicyclic amines) is 1. The van der Waals surface area contributed by atoms with Gasteiger partial charge in [0.05, 0.1) is 4.90 Å². The number of nitrogens with one attached hydrogen (secondary N) is 1. The number of nitrogens with two attached hydrogens (primary N) is 2. The third-order valence-electron chi connectivity index (χ3n) is 3.25. The zero-order valence-corrected chi connectivity index (χ0v) is 12.2. The molecule has 0 saturated carbocycles. The number of nitrogens with zero attached hydrogens (tertiary/aromatic N) is 1. The summed E-state index contributed by atoms with van der Waals surface area (Å²) < 4.78 is 22.7.